The molecule has 102 valence electrons. The lowest BCUT2D eigenvalue weighted by Gasteiger charge is -2.21. The van der Waals surface area contributed by atoms with Crippen LogP contribution in [0.1, 0.15) is 14.5 Å². The Balaban J connectivity index is 2.67. The summed E-state index contributed by atoms with van der Waals surface area (Å²) in [4.78, 5) is 12.3. The van der Waals surface area contributed by atoms with E-state index in [4.69, 9.17) is 10.2 Å². The minimum Gasteiger partial charge on any atom is -0.477 e. The Hall–Kier alpha value is -1.12. The molecule has 0 saturated carbocycles. The fourth-order valence-corrected chi connectivity index (χ4v) is 2.30. The Bertz CT molecular complexity index is 405. The summed E-state index contributed by atoms with van der Waals surface area (Å²) in [6.07, 6.45) is -4.35. The number of hydrogen-bond donors (Lipinski definition) is 2. The topological polar surface area (TPSA) is 60.8 Å². The molecule has 1 heterocycles. The molecule has 0 aromatic carbocycles. The number of rotatable bonds is 6. The minimum atomic E-state index is -4.35. The number of aromatic carboxylic acids is 1. The smallest absolute Gasteiger partial charge is 0.401 e. The molecule has 4 nitrogen and oxygen atoms in total. The molecule has 0 amide bonds. The van der Waals surface area contributed by atoms with Gasteiger partial charge in [0.25, 0.3) is 0 Å². The molecule has 0 fully saturated rings. The summed E-state index contributed by atoms with van der Waals surface area (Å²) in [6, 6.07) is 2.84. The monoisotopic (exact) mass is 283 g/mol. The van der Waals surface area contributed by atoms with Gasteiger partial charge in [-0.15, -0.1) is 11.3 Å². The molecule has 1 rings (SSSR count). The molecule has 0 saturated heterocycles. The Morgan fingerprint density at radius 2 is 2.06 bits per heavy atom. The van der Waals surface area contributed by atoms with E-state index >= 15 is 0 Å². The first-order chi connectivity index (χ1) is 8.31. The zero-order valence-corrected chi connectivity index (χ0v) is 10.1. The molecule has 0 spiro atoms. The molecule has 1 aromatic rings. The van der Waals surface area contributed by atoms with Crippen LogP contribution in [-0.4, -0.2) is 47.0 Å². The zero-order chi connectivity index (χ0) is 13.8. The lowest BCUT2D eigenvalue weighted by Crippen LogP contribution is -2.35. The molecular weight excluding hydrogens is 271 g/mol. The molecule has 0 aliphatic heterocycles. The van der Waals surface area contributed by atoms with E-state index in [2.05, 4.69) is 0 Å². The summed E-state index contributed by atoms with van der Waals surface area (Å²) in [5.41, 5.74) is 0. The summed E-state index contributed by atoms with van der Waals surface area (Å²) in [5.74, 6) is -1.10. The van der Waals surface area contributed by atoms with Gasteiger partial charge in [-0.2, -0.15) is 13.2 Å². The van der Waals surface area contributed by atoms with E-state index in [1.807, 2.05) is 0 Å². The second kappa shape index (κ2) is 6.17. The van der Waals surface area contributed by atoms with Gasteiger partial charge in [0.05, 0.1) is 13.2 Å². The molecule has 18 heavy (non-hydrogen) atoms. The predicted molar refractivity (Wildman–Crippen MR) is 59.7 cm³/mol. The lowest BCUT2D eigenvalue weighted by atomic mass is 10.3. The van der Waals surface area contributed by atoms with Crippen LogP contribution in [0.5, 0.6) is 0 Å². The molecule has 1 aromatic heterocycles. The summed E-state index contributed by atoms with van der Waals surface area (Å²) < 4.78 is 36.8. The van der Waals surface area contributed by atoms with Gasteiger partial charge < -0.3 is 10.2 Å². The van der Waals surface area contributed by atoms with Crippen molar-refractivity contribution in [2.45, 2.75) is 12.7 Å². The molecule has 0 aliphatic carbocycles. The van der Waals surface area contributed by atoms with Gasteiger partial charge in [0.2, 0.25) is 0 Å². The van der Waals surface area contributed by atoms with Crippen molar-refractivity contribution >= 4 is 17.3 Å². The van der Waals surface area contributed by atoms with Crippen molar-refractivity contribution in [1.29, 1.82) is 0 Å². The predicted octanol–water partition coefficient (Wildman–Crippen LogP) is 1.80. The number of halogens is 3. The summed E-state index contributed by atoms with van der Waals surface area (Å²) in [5, 5.41) is 17.4. The third kappa shape index (κ3) is 5.03. The van der Waals surface area contributed by atoms with Crippen LogP contribution in [0.2, 0.25) is 0 Å². The molecule has 2 N–H and O–H groups in total. The number of aliphatic hydroxyl groups is 1. The van der Waals surface area contributed by atoms with Crippen LogP contribution in [0.25, 0.3) is 0 Å². The third-order valence-corrected chi connectivity index (χ3v) is 3.13. The van der Waals surface area contributed by atoms with Gasteiger partial charge in [0, 0.05) is 18.0 Å². The number of nitrogens with zero attached hydrogens (tertiary/aromatic N) is 1. The van der Waals surface area contributed by atoms with Gasteiger partial charge in [-0.05, 0) is 12.1 Å². The summed E-state index contributed by atoms with van der Waals surface area (Å²) in [6.45, 7) is -1.65. The normalized spacial score (nSPS) is 12.1. The van der Waals surface area contributed by atoms with E-state index in [0.29, 0.717) is 4.88 Å². The Morgan fingerprint density at radius 1 is 1.39 bits per heavy atom. The van der Waals surface area contributed by atoms with E-state index in [-0.39, 0.29) is 24.6 Å². The Kier molecular flexibility index (Phi) is 5.12. The molecule has 0 unspecified atom stereocenters. The van der Waals surface area contributed by atoms with Crippen LogP contribution in [-0.2, 0) is 6.54 Å². The molecule has 8 heteroatoms. The SMILES string of the molecule is O=C(O)c1ccc(CN(CCO)CC(F)(F)F)s1. The van der Waals surface area contributed by atoms with Crippen LogP contribution < -0.4 is 0 Å². The first kappa shape index (κ1) is 14.9. The number of aliphatic hydroxyl groups excluding tert-OH is 1. The first-order valence-electron chi connectivity index (χ1n) is 5.04. The number of carbonyl (C=O) groups is 1. The van der Waals surface area contributed by atoms with Crippen molar-refractivity contribution in [3.8, 4) is 0 Å². The Labute approximate surface area is 105 Å². The van der Waals surface area contributed by atoms with Gasteiger partial charge in [0.1, 0.15) is 4.88 Å². The molecule has 0 bridgehead atoms. The van der Waals surface area contributed by atoms with E-state index in [0.717, 1.165) is 16.2 Å². The standard InChI is InChI=1S/C10H12F3NO3S/c11-10(12,13)6-14(3-4-15)5-7-1-2-8(18-7)9(16)17/h1-2,15H,3-6H2,(H,16,17). The minimum absolute atomic E-state index is 0.0297. The molecule has 0 aliphatic rings. The van der Waals surface area contributed by atoms with Gasteiger partial charge >= 0.3 is 12.1 Å². The summed E-state index contributed by atoms with van der Waals surface area (Å²) in [7, 11) is 0. The van der Waals surface area contributed by atoms with Crippen molar-refractivity contribution < 1.29 is 28.2 Å². The maximum Gasteiger partial charge on any atom is 0.401 e. The largest absolute Gasteiger partial charge is 0.477 e. The number of carboxylic acid groups (broad SMARTS) is 1. The molecule has 0 radical (unpaired) electrons. The molecule has 0 atom stereocenters. The maximum absolute atomic E-state index is 12.3. The van der Waals surface area contributed by atoms with Crippen LogP contribution in [0.15, 0.2) is 12.1 Å². The maximum atomic E-state index is 12.3. The highest BCUT2D eigenvalue weighted by Crippen LogP contribution is 2.21. The highest BCUT2D eigenvalue weighted by atomic mass is 32.1. The number of hydrogen-bond acceptors (Lipinski definition) is 4. The van der Waals surface area contributed by atoms with Crippen molar-refractivity contribution in [2.24, 2.45) is 0 Å². The highest BCUT2D eigenvalue weighted by molar-refractivity contribution is 7.13. The quantitative estimate of drug-likeness (QED) is 0.836. The first-order valence-corrected chi connectivity index (χ1v) is 5.85. The Morgan fingerprint density at radius 3 is 2.50 bits per heavy atom. The number of thiophene rings is 1. The number of carboxylic acids is 1. The van der Waals surface area contributed by atoms with Crippen LogP contribution in [0, 0.1) is 0 Å². The third-order valence-electron chi connectivity index (χ3n) is 2.07. The van der Waals surface area contributed by atoms with Gasteiger partial charge in [0.15, 0.2) is 0 Å². The van der Waals surface area contributed by atoms with E-state index < -0.39 is 18.7 Å². The van der Waals surface area contributed by atoms with Gasteiger partial charge in [-0.25, -0.2) is 4.79 Å². The van der Waals surface area contributed by atoms with Crippen LogP contribution >= 0.6 is 11.3 Å². The highest BCUT2D eigenvalue weighted by Gasteiger charge is 2.30. The van der Waals surface area contributed by atoms with Gasteiger partial charge in [-0.1, -0.05) is 0 Å². The fraction of sp³-hybridized carbons (Fsp3) is 0.500. The van der Waals surface area contributed by atoms with E-state index in [1.54, 1.807) is 0 Å². The van der Waals surface area contributed by atoms with Crippen LogP contribution in [0.4, 0.5) is 13.2 Å². The average molecular weight is 283 g/mol. The zero-order valence-electron chi connectivity index (χ0n) is 9.28. The van der Waals surface area contributed by atoms with Crippen molar-refractivity contribution in [3.63, 3.8) is 0 Å². The average Bonchev–Trinajstić information content (AvgIpc) is 2.64. The van der Waals surface area contributed by atoms with Gasteiger partial charge in [-0.3, -0.25) is 4.90 Å². The second-order valence-corrected chi connectivity index (χ2v) is 4.79. The lowest BCUT2D eigenvalue weighted by molar-refractivity contribution is -0.147. The van der Waals surface area contributed by atoms with E-state index in [9.17, 15) is 18.0 Å². The van der Waals surface area contributed by atoms with Crippen molar-refractivity contribution in [3.05, 3.63) is 21.9 Å². The van der Waals surface area contributed by atoms with E-state index in [1.165, 1.54) is 12.1 Å². The van der Waals surface area contributed by atoms with Crippen molar-refractivity contribution in [2.75, 3.05) is 19.7 Å². The molecular formula is C10H12F3NO3S. The number of alkyl halides is 3. The fourth-order valence-electron chi connectivity index (χ4n) is 1.41. The van der Waals surface area contributed by atoms with Crippen molar-refractivity contribution in [1.82, 2.24) is 4.90 Å². The summed E-state index contributed by atoms with van der Waals surface area (Å²) >= 11 is 0.931. The second-order valence-electron chi connectivity index (χ2n) is 3.62. The van der Waals surface area contributed by atoms with Crippen LogP contribution in [0.3, 0.4) is 0 Å².